The number of benzene rings is 1. The zero-order valence-corrected chi connectivity index (χ0v) is 15.1. The molecular weight excluding hydrogens is 342 g/mol. The van der Waals surface area contributed by atoms with Crippen molar-refractivity contribution in [3.05, 3.63) is 23.8 Å². The van der Waals surface area contributed by atoms with Crippen molar-refractivity contribution in [1.29, 1.82) is 0 Å². The van der Waals surface area contributed by atoms with Crippen LogP contribution in [0.1, 0.15) is 42.5 Å². The minimum atomic E-state index is -1.19. The number of carbonyl (C=O) groups excluding carboxylic acids is 1. The van der Waals surface area contributed by atoms with Gasteiger partial charge in [-0.1, -0.05) is 0 Å². The predicted octanol–water partition coefficient (Wildman–Crippen LogP) is 2.71. The molecule has 6 nitrogen and oxygen atoms in total. The minimum Gasteiger partial charge on any atom is -0.493 e. The van der Waals surface area contributed by atoms with Gasteiger partial charge in [-0.25, -0.2) is 4.79 Å². The molecule has 1 amide bonds. The summed E-state index contributed by atoms with van der Waals surface area (Å²) in [4.78, 5) is 24.2. The van der Waals surface area contributed by atoms with Gasteiger partial charge in [0.25, 0.3) is 5.91 Å². The van der Waals surface area contributed by atoms with E-state index in [-0.39, 0.29) is 6.10 Å². The number of hydrogen-bond acceptors (Lipinski definition) is 5. The largest absolute Gasteiger partial charge is 0.493 e. The number of amides is 1. The van der Waals surface area contributed by atoms with Crippen LogP contribution in [0.4, 0.5) is 0 Å². The highest BCUT2D eigenvalue weighted by molar-refractivity contribution is 7.99. The van der Waals surface area contributed by atoms with E-state index in [1.165, 1.54) is 11.8 Å². The number of methoxy groups -OCH3 is 1. The molecule has 0 radical (unpaired) electrons. The van der Waals surface area contributed by atoms with Crippen molar-refractivity contribution in [3.63, 3.8) is 0 Å². The molecule has 0 spiro atoms. The van der Waals surface area contributed by atoms with Crippen molar-refractivity contribution in [1.82, 2.24) is 5.32 Å². The summed E-state index contributed by atoms with van der Waals surface area (Å²) >= 11 is 1.54. The van der Waals surface area contributed by atoms with Crippen LogP contribution in [0.3, 0.4) is 0 Å². The number of hydrogen-bond donors (Lipinski definition) is 2. The summed E-state index contributed by atoms with van der Waals surface area (Å²) in [6.07, 6.45) is 4.86. The molecule has 1 aromatic carbocycles. The Balaban J connectivity index is 1.78. The van der Waals surface area contributed by atoms with E-state index in [1.807, 2.05) is 0 Å². The number of ether oxygens (including phenoxy) is 2. The van der Waals surface area contributed by atoms with Gasteiger partial charge in [-0.15, -0.1) is 0 Å². The molecule has 1 heterocycles. The summed E-state index contributed by atoms with van der Waals surface area (Å²) in [5.74, 6) is 0.839. The quantitative estimate of drug-likeness (QED) is 0.806. The highest BCUT2D eigenvalue weighted by atomic mass is 32.2. The number of carbonyl (C=O) groups is 2. The second-order valence-electron chi connectivity index (χ2n) is 6.53. The number of rotatable bonds is 6. The van der Waals surface area contributed by atoms with Crippen molar-refractivity contribution < 1.29 is 24.2 Å². The van der Waals surface area contributed by atoms with Gasteiger partial charge in [0.05, 0.1) is 13.2 Å². The highest BCUT2D eigenvalue weighted by Crippen LogP contribution is 2.33. The molecule has 1 saturated heterocycles. The van der Waals surface area contributed by atoms with Crippen LogP contribution in [0, 0.1) is 0 Å². The van der Waals surface area contributed by atoms with Crippen LogP contribution in [-0.4, -0.2) is 47.2 Å². The number of carboxylic acids is 1. The predicted molar refractivity (Wildman–Crippen MR) is 95.7 cm³/mol. The van der Waals surface area contributed by atoms with Crippen LogP contribution < -0.4 is 14.8 Å². The molecular formula is C18H23NO5S. The first-order valence-electron chi connectivity index (χ1n) is 8.52. The van der Waals surface area contributed by atoms with E-state index in [9.17, 15) is 14.7 Å². The minimum absolute atomic E-state index is 0.142. The Hall–Kier alpha value is -1.89. The van der Waals surface area contributed by atoms with Crippen molar-refractivity contribution in [2.75, 3.05) is 18.6 Å². The Labute approximate surface area is 151 Å². The molecule has 3 rings (SSSR count). The lowest BCUT2D eigenvalue weighted by Gasteiger charge is -2.25. The summed E-state index contributed by atoms with van der Waals surface area (Å²) in [6.45, 7) is 0. The van der Waals surface area contributed by atoms with Crippen LogP contribution in [0.15, 0.2) is 18.2 Å². The average Bonchev–Trinajstić information content (AvgIpc) is 3.27. The van der Waals surface area contributed by atoms with Crippen LogP contribution in [0.2, 0.25) is 0 Å². The summed E-state index contributed by atoms with van der Waals surface area (Å²) in [5, 5.41) is 12.2. The molecule has 2 fully saturated rings. The Morgan fingerprint density at radius 3 is 2.64 bits per heavy atom. The van der Waals surface area contributed by atoms with E-state index in [1.54, 1.807) is 25.3 Å². The van der Waals surface area contributed by atoms with Gasteiger partial charge in [-0.05, 0) is 56.1 Å². The molecule has 7 heteroatoms. The first-order chi connectivity index (χ1) is 12.0. The molecule has 1 saturated carbocycles. The zero-order chi connectivity index (χ0) is 17.9. The maximum Gasteiger partial charge on any atom is 0.330 e. The molecule has 2 N–H and O–H groups in total. The fourth-order valence-corrected chi connectivity index (χ4v) is 4.60. The van der Waals surface area contributed by atoms with Gasteiger partial charge < -0.3 is 19.9 Å². The first kappa shape index (κ1) is 17.9. The van der Waals surface area contributed by atoms with Gasteiger partial charge in [0, 0.05) is 11.3 Å². The number of thioether (sulfide) groups is 1. The monoisotopic (exact) mass is 365 g/mol. The zero-order valence-electron chi connectivity index (χ0n) is 14.2. The fraction of sp³-hybridized carbons (Fsp3) is 0.556. The van der Waals surface area contributed by atoms with Crippen LogP contribution >= 0.6 is 11.8 Å². The van der Waals surface area contributed by atoms with Crippen molar-refractivity contribution in [3.8, 4) is 11.5 Å². The maximum absolute atomic E-state index is 12.6. The van der Waals surface area contributed by atoms with Gasteiger partial charge in [0.2, 0.25) is 0 Å². The molecule has 0 aromatic heterocycles. The molecule has 2 aliphatic rings. The average molecular weight is 365 g/mol. The molecule has 0 bridgehead atoms. The first-order valence-corrected chi connectivity index (χ1v) is 9.68. The normalized spacial score (nSPS) is 23.4. The van der Waals surface area contributed by atoms with Gasteiger partial charge in [0.15, 0.2) is 11.5 Å². The third-order valence-corrected chi connectivity index (χ3v) is 6.00. The maximum atomic E-state index is 12.6. The summed E-state index contributed by atoms with van der Waals surface area (Å²) in [5.41, 5.74) is -0.806. The lowest BCUT2D eigenvalue weighted by Crippen LogP contribution is -2.54. The molecule has 1 unspecified atom stereocenters. The van der Waals surface area contributed by atoms with Gasteiger partial charge in [0.1, 0.15) is 5.54 Å². The van der Waals surface area contributed by atoms with Gasteiger partial charge in [-0.3, -0.25) is 4.79 Å². The van der Waals surface area contributed by atoms with Crippen molar-refractivity contribution in [2.24, 2.45) is 0 Å². The van der Waals surface area contributed by atoms with E-state index in [2.05, 4.69) is 5.32 Å². The highest BCUT2D eigenvalue weighted by Gasteiger charge is 2.43. The van der Waals surface area contributed by atoms with Crippen molar-refractivity contribution >= 4 is 23.6 Å². The smallest absolute Gasteiger partial charge is 0.330 e. The summed E-state index contributed by atoms with van der Waals surface area (Å²) in [7, 11) is 1.56. The number of nitrogens with one attached hydrogen (secondary N) is 1. The van der Waals surface area contributed by atoms with Crippen LogP contribution in [0.25, 0.3) is 0 Å². The molecule has 1 aromatic rings. The Kier molecular flexibility index (Phi) is 5.42. The fourth-order valence-electron chi connectivity index (χ4n) is 3.27. The summed E-state index contributed by atoms with van der Waals surface area (Å²) < 4.78 is 11.3. The number of aliphatic carboxylic acids is 1. The van der Waals surface area contributed by atoms with Crippen molar-refractivity contribution in [2.45, 2.75) is 43.7 Å². The number of carboxylic acid groups (broad SMARTS) is 1. The van der Waals surface area contributed by atoms with Gasteiger partial charge >= 0.3 is 5.97 Å². The van der Waals surface area contributed by atoms with E-state index in [4.69, 9.17) is 9.47 Å². The van der Waals surface area contributed by atoms with E-state index < -0.39 is 17.4 Å². The summed E-state index contributed by atoms with van der Waals surface area (Å²) in [6, 6.07) is 4.97. The Morgan fingerprint density at radius 1 is 1.28 bits per heavy atom. The molecule has 25 heavy (non-hydrogen) atoms. The Bertz CT molecular complexity index is 651. The molecule has 136 valence electrons. The molecule has 1 aliphatic heterocycles. The lowest BCUT2D eigenvalue weighted by molar-refractivity contribution is -0.143. The van der Waals surface area contributed by atoms with Crippen LogP contribution in [0.5, 0.6) is 11.5 Å². The SMILES string of the molecule is COc1ccc(C(=O)NC2(C(=O)O)CCSC2)cc1OC1CCCC1. The lowest BCUT2D eigenvalue weighted by atomic mass is 9.98. The Morgan fingerprint density at radius 2 is 2.04 bits per heavy atom. The topological polar surface area (TPSA) is 84.9 Å². The van der Waals surface area contributed by atoms with E-state index in [0.29, 0.717) is 29.2 Å². The third kappa shape index (κ3) is 3.86. The second kappa shape index (κ2) is 7.56. The molecule has 1 aliphatic carbocycles. The van der Waals surface area contributed by atoms with Crippen LogP contribution in [-0.2, 0) is 4.79 Å². The second-order valence-corrected chi connectivity index (χ2v) is 7.64. The standard InChI is InChI=1S/C18H23NO5S/c1-23-14-7-6-12(10-15(14)24-13-4-2-3-5-13)16(20)19-18(17(21)22)8-9-25-11-18/h6-7,10,13H,2-5,8-9,11H2,1H3,(H,19,20)(H,21,22). The van der Waals surface area contributed by atoms with E-state index in [0.717, 1.165) is 31.4 Å². The van der Waals surface area contributed by atoms with Gasteiger partial charge in [-0.2, -0.15) is 11.8 Å². The molecule has 1 atom stereocenters. The van der Waals surface area contributed by atoms with E-state index >= 15 is 0 Å². The third-order valence-electron chi connectivity index (χ3n) is 4.81.